The molecule has 0 saturated heterocycles. The lowest BCUT2D eigenvalue weighted by atomic mass is 9.77. The maximum Gasteiger partial charge on any atom is 0.0481 e. The fourth-order valence-electron chi connectivity index (χ4n) is 2.79. The van der Waals surface area contributed by atoms with Gasteiger partial charge in [0.25, 0.3) is 0 Å². The zero-order chi connectivity index (χ0) is 10.2. The van der Waals surface area contributed by atoms with Crippen molar-refractivity contribution in [1.82, 2.24) is 4.98 Å². The summed E-state index contributed by atoms with van der Waals surface area (Å²) in [6.07, 6.45) is 5.86. The maximum absolute atomic E-state index is 6.29. The Kier molecular flexibility index (Phi) is 2.40. The van der Waals surface area contributed by atoms with Crippen LogP contribution in [-0.4, -0.2) is 4.98 Å². The predicted octanol–water partition coefficient (Wildman–Crippen LogP) is 2.84. The van der Waals surface area contributed by atoms with Gasteiger partial charge < -0.3 is 10.7 Å². The smallest absolute Gasteiger partial charge is 0.0481 e. The van der Waals surface area contributed by atoms with Gasteiger partial charge in [0, 0.05) is 17.9 Å². The first-order chi connectivity index (χ1) is 6.61. The van der Waals surface area contributed by atoms with E-state index in [1.54, 1.807) is 0 Å². The molecule has 0 aliphatic heterocycles. The van der Waals surface area contributed by atoms with E-state index in [0.717, 1.165) is 0 Å². The lowest BCUT2D eigenvalue weighted by molar-refractivity contribution is 0.220. The van der Waals surface area contributed by atoms with Crippen molar-refractivity contribution in [3.8, 4) is 0 Å². The molecule has 2 rings (SSSR count). The standard InChI is InChI=1S/C12H20N2/c1-12(2)7-3-5-9(12)11(13)10-6-4-8-14-10/h4,6,8-9,11,14H,3,5,7,13H2,1-2H3. The molecule has 2 atom stereocenters. The van der Waals surface area contributed by atoms with Crippen LogP contribution in [0.3, 0.4) is 0 Å². The van der Waals surface area contributed by atoms with Crippen molar-refractivity contribution < 1.29 is 0 Å². The van der Waals surface area contributed by atoms with Crippen LogP contribution in [0.4, 0.5) is 0 Å². The molecule has 0 aromatic carbocycles. The van der Waals surface area contributed by atoms with Crippen LogP contribution >= 0.6 is 0 Å². The topological polar surface area (TPSA) is 41.8 Å². The van der Waals surface area contributed by atoms with Gasteiger partial charge in [-0.3, -0.25) is 0 Å². The summed E-state index contributed by atoms with van der Waals surface area (Å²) in [5, 5.41) is 0. The molecular formula is C12H20N2. The van der Waals surface area contributed by atoms with Gasteiger partial charge in [-0.05, 0) is 36.3 Å². The molecular weight excluding hydrogens is 172 g/mol. The summed E-state index contributed by atoms with van der Waals surface area (Å²) in [7, 11) is 0. The van der Waals surface area contributed by atoms with Gasteiger partial charge in [0.15, 0.2) is 0 Å². The Labute approximate surface area is 85.9 Å². The predicted molar refractivity (Wildman–Crippen MR) is 58.8 cm³/mol. The highest BCUT2D eigenvalue weighted by Crippen LogP contribution is 2.47. The molecule has 2 unspecified atom stereocenters. The SMILES string of the molecule is CC1(C)CCCC1C(N)c1ccc[nH]1. The molecule has 0 bridgehead atoms. The van der Waals surface area contributed by atoms with Gasteiger partial charge in [-0.1, -0.05) is 20.3 Å². The third kappa shape index (κ3) is 1.59. The summed E-state index contributed by atoms with van der Waals surface area (Å²) in [6.45, 7) is 4.68. The molecule has 1 aromatic rings. The van der Waals surface area contributed by atoms with E-state index in [1.807, 2.05) is 12.3 Å². The van der Waals surface area contributed by atoms with Gasteiger partial charge in [0.2, 0.25) is 0 Å². The number of hydrogen-bond acceptors (Lipinski definition) is 1. The highest BCUT2D eigenvalue weighted by Gasteiger charge is 2.38. The van der Waals surface area contributed by atoms with E-state index in [1.165, 1.54) is 25.0 Å². The Bertz CT molecular complexity index is 287. The minimum atomic E-state index is 0.183. The molecule has 2 nitrogen and oxygen atoms in total. The fourth-order valence-corrected chi connectivity index (χ4v) is 2.79. The molecule has 1 aromatic heterocycles. The first-order valence-corrected chi connectivity index (χ1v) is 5.50. The highest BCUT2D eigenvalue weighted by molar-refractivity contribution is 5.11. The summed E-state index contributed by atoms with van der Waals surface area (Å²) >= 11 is 0. The Hall–Kier alpha value is -0.760. The second kappa shape index (κ2) is 3.43. The second-order valence-corrected chi connectivity index (χ2v) is 5.14. The Morgan fingerprint density at radius 3 is 2.86 bits per heavy atom. The van der Waals surface area contributed by atoms with E-state index in [0.29, 0.717) is 11.3 Å². The molecule has 1 saturated carbocycles. The van der Waals surface area contributed by atoms with Gasteiger partial charge in [-0.25, -0.2) is 0 Å². The maximum atomic E-state index is 6.29. The van der Waals surface area contributed by atoms with Gasteiger partial charge in [0.05, 0.1) is 0 Å². The Balaban J connectivity index is 2.16. The van der Waals surface area contributed by atoms with Crippen LogP contribution in [-0.2, 0) is 0 Å². The van der Waals surface area contributed by atoms with Crippen LogP contribution in [0.1, 0.15) is 44.8 Å². The van der Waals surface area contributed by atoms with E-state index < -0.39 is 0 Å². The number of rotatable bonds is 2. The minimum absolute atomic E-state index is 0.183. The average molecular weight is 192 g/mol. The van der Waals surface area contributed by atoms with Crippen molar-refractivity contribution in [1.29, 1.82) is 0 Å². The number of nitrogens with two attached hydrogens (primary N) is 1. The first-order valence-electron chi connectivity index (χ1n) is 5.50. The van der Waals surface area contributed by atoms with Crippen molar-refractivity contribution in [3.63, 3.8) is 0 Å². The van der Waals surface area contributed by atoms with Crippen molar-refractivity contribution in [2.45, 2.75) is 39.2 Å². The summed E-state index contributed by atoms with van der Waals surface area (Å²) in [5.41, 5.74) is 7.88. The molecule has 1 heterocycles. The van der Waals surface area contributed by atoms with E-state index in [-0.39, 0.29) is 6.04 Å². The van der Waals surface area contributed by atoms with Crippen LogP contribution in [0.5, 0.6) is 0 Å². The number of hydrogen-bond donors (Lipinski definition) is 2. The normalized spacial score (nSPS) is 27.8. The second-order valence-electron chi connectivity index (χ2n) is 5.14. The summed E-state index contributed by atoms with van der Waals surface area (Å²) in [6, 6.07) is 4.30. The average Bonchev–Trinajstić information content (AvgIpc) is 2.71. The zero-order valence-corrected chi connectivity index (χ0v) is 9.09. The molecule has 0 radical (unpaired) electrons. The third-order valence-electron chi connectivity index (χ3n) is 3.75. The van der Waals surface area contributed by atoms with Crippen LogP contribution in [0.25, 0.3) is 0 Å². The lowest BCUT2D eigenvalue weighted by Crippen LogP contribution is -2.29. The molecule has 78 valence electrons. The van der Waals surface area contributed by atoms with Crippen molar-refractivity contribution in [2.75, 3.05) is 0 Å². The van der Waals surface area contributed by atoms with Gasteiger partial charge in [-0.15, -0.1) is 0 Å². The molecule has 1 aliphatic rings. The highest BCUT2D eigenvalue weighted by atomic mass is 14.8. The third-order valence-corrected chi connectivity index (χ3v) is 3.75. The van der Waals surface area contributed by atoms with Gasteiger partial charge in [-0.2, -0.15) is 0 Å². The van der Waals surface area contributed by atoms with E-state index in [4.69, 9.17) is 5.73 Å². The number of aromatic amines is 1. The molecule has 0 spiro atoms. The van der Waals surface area contributed by atoms with Crippen LogP contribution in [0.2, 0.25) is 0 Å². The van der Waals surface area contributed by atoms with Crippen LogP contribution in [0.15, 0.2) is 18.3 Å². The monoisotopic (exact) mass is 192 g/mol. The molecule has 1 fully saturated rings. The number of H-pyrrole nitrogens is 1. The fraction of sp³-hybridized carbons (Fsp3) is 0.667. The van der Waals surface area contributed by atoms with Crippen molar-refractivity contribution in [3.05, 3.63) is 24.0 Å². The number of aromatic nitrogens is 1. The Morgan fingerprint density at radius 1 is 1.57 bits per heavy atom. The van der Waals surface area contributed by atoms with E-state index in [2.05, 4.69) is 24.9 Å². The molecule has 14 heavy (non-hydrogen) atoms. The zero-order valence-electron chi connectivity index (χ0n) is 9.09. The van der Waals surface area contributed by atoms with Gasteiger partial charge in [0.1, 0.15) is 0 Å². The van der Waals surface area contributed by atoms with E-state index in [9.17, 15) is 0 Å². The van der Waals surface area contributed by atoms with Gasteiger partial charge >= 0.3 is 0 Å². The molecule has 2 heteroatoms. The van der Waals surface area contributed by atoms with Crippen molar-refractivity contribution >= 4 is 0 Å². The minimum Gasteiger partial charge on any atom is -0.364 e. The molecule has 0 amide bonds. The van der Waals surface area contributed by atoms with E-state index >= 15 is 0 Å². The van der Waals surface area contributed by atoms with Crippen LogP contribution in [0, 0.1) is 11.3 Å². The number of nitrogens with one attached hydrogen (secondary N) is 1. The van der Waals surface area contributed by atoms with Crippen molar-refractivity contribution in [2.24, 2.45) is 17.1 Å². The molecule has 3 N–H and O–H groups in total. The summed E-state index contributed by atoms with van der Waals surface area (Å²) in [4.78, 5) is 3.23. The molecule has 1 aliphatic carbocycles. The Morgan fingerprint density at radius 2 is 2.36 bits per heavy atom. The first kappa shape index (κ1) is 9.78. The van der Waals surface area contributed by atoms with Crippen LogP contribution < -0.4 is 5.73 Å². The largest absolute Gasteiger partial charge is 0.364 e. The summed E-state index contributed by atoms with van der Waals surface area (Å²) in [5.74, 6) is 0.626. The quantitative estimate of drug-likeness (QED) is 0.743. The summed E-state index contributed by atoms with van der Waals surface area (Å²) < 4.78 is 0. The lowest BCUT2D eigenvalue weighted by Gasteiger charge is -2.31.